The molecule has 0 bridgehead atoms. The van der Waals surface area contributed by atoms with Crippen LogP contribution in [0.5, 0.6) is 5.75 Å². The number of aryl methyl sites for hydroxylation is 1. The SMILES string of the molecule is CCc1ccccc1N(CC(=O)Nc1ccccc1OC(C)C)C(C)=O. The largest absolute Gasteiger partial charge is 0.489 e. The first kappa shape index (κ1) is 19.5. The number of hydrogen-bond acceptors (Lipinski definition) is 3. The summed E-state index contributed by atoms with van der Waals surface area (Å²) in [6.45, 7) is 7.30. The first-order valence-corrected chi connectivity index (χ1v) is 8.84. The molecule has 0 saturated carbocycles. The summed E-state index contributed by atoms with van der Waals surface area (Å²) in [6.07, 6.45) is 0.783. The molecular formula is C21H26N2O3. The highest BCUT2D eigenvalue weighted by atomic mass is 16.5. The molecule has 0 aromatic heterocycles. The van der Waals surface area contributed by atoms with Crippen molar-refractivity contribution in [2.75, 3.05) is 16.8 Å². The second kappa shape index (κ2) is 9.04. The summed E-state index contributed by atoms with van der Waals surface area (Å²) < 4.78 is 5.72. The second-order valence-electron chi connectivity index (χ2n) is 6.30. The predicted molar refractivity (Wildman–Crippen MR) is 105 cm³/mol. The first-order chi connectivity index (χ1) is 12.4. The van der Waals surface area contributed by atoms with Gasteiger partial charge in [0.15, 0.2) is 0 Å². The van der Waals surface area contributed by atoms with E-state index in [-0.39, 0.29) is 24.5 Å². The Bertz CT molecular complexity index is 771. The normalized spacial score (nSPS) is 10.5. The standard InChI is InChI=1S/C21H26N2O3/c1-5-17-10-6-8-12-19(17)23(16(4)24)14-21(25)22-18-11-7-9-13-20(18)26-15(2)3/h6-13,15H,5,14H2,1-4H3,(H,22,25). The third-order valence-corrected chi connectivity index (χ3v) is 3.87. The summed E-state index contributed by atoms with van der Waals surface area (Å²) >= 11 is 0. The number of anilines is 2. The van der Waals surface area contributed by atoms with Crippen LogP contribution >= 0.6 is 0 Å². The molecule has 0 radical (unpaired) electrons. The van der Waals surface area contributed by atoms with Gasteiger partial charge in [0.05, 0.1) is 11.8 Å². The van der Waals surface area contributed by atoms with Crippen LogP contribution < -0.4 is 15.0 Å². The topological polar surface area (TPSA) is 58.6 Å². The summed E-state index contributed by atoms with van der Waals surface area (Å²) in [7, 11) is 0. The predicted octanol–water partition coefficient (Wildman–Crippen LogP) is 4.03. The highest BCUT2D eigenvalue weighted by Gasteiger charge is 2.19. The second-order valence-corrected chi connectivity index (χ2v) is 6.30. The summed E-state index contributed by atoms with van der Waals surface area (Å²) in [5, 5.41) is 2.85. The molecule has 0 fully saturated rings. The van der Waals surface area contributed by atoms with Crippen LogP contribution in [0, 0.1) is 0 Å². The zero-order chi connectivity index (χ0) is 19.1. The molecule has 2 amide bonds. The fourth-order valence-electron chi connectivity index (χ4n) is 2.70. The Morgan fingerprint density at radius 2 is 1.73 bits per heavy atom. The Morgan fingerprint density at radius 1 is 1.08 bits per heavy atom. The number of benzene rings is 2. The lowest BCUT2D eigenvalue weighted by Gasteiger charge is -2.23. The van der Waals surface area contributed by atoms with Crippen LogP contribution in [0.4, 0.5) is 11.4 Å². The lowest BCUT2D eigenvalue weighted by atomic mass is 10.1. The molecule has 0 unspecified atom stereocenters. The minimum Gasteiger partial charge on any atom is -0.489 e. The van der Waals surface area contributed by atoms with E-state index in [1.165, 1.54) is 11.8 Å². The smallest absolute Gasteiger partial charge is 0.244 e. The minimum atomic E-state index is -0.272. The molecule has 138 valence electrons. The van der Waals surface area contributed by atoms with Gasteiger partial charge in [0.1, 0.15) is 12.3 Å². The molecule has 0 aliphatic rings. The van der Waals surface area contributed by atoms with E-state index in [9.17, 15) is 9.59 Å². The van der Waals surface area contributed by atoms with Crippen molar-refractivity contribution in [2.45, 2.75) is 40.2 Å². The van der Waals surface area contributed by atoms with Gasteiger partial charge in [0.2, 0.25) is 11.8 Å². The summed E-state index contributed by atoms with van der Waals surface area (Å²) in [4.78, 5) is 26.2. The van der Waals surface area contributed by atoms with E-state index in [0.29, 0.717) is 11.4 Å². The van der Waals surface area contributed by atoms with E-state index in [2.05, 4.69) is 5.32 Å². The molecule has 2 aromatic carbocycles. The third kappa shape index (κ3) is 5.09. The summed E-state index contributed by atoms with van der Waals surface area (Å²) in [5.41, 5.74) is 2.39. The third-order valence-electron chi connectivity index (χ3n) is 3.87. The van der Waals surface area contributed by atoms with Crippen LogP contribution in [0.2, 0.25) is 0 Å². The maximum Gasteiger partial charge on any atom is 0.244 e. The van der Waals surface area contributed by atoms with E-state index in [1.807, 2.05) is 63.2 Å². The maximum atomic E-state index is 12.6. The van der Waals surface area contributed by atoms with Gasteiger partial charge in [-0.05, 0) is 44.0 Å². The van der Waals surface area contributed by atoms with Gasteiger partial charge < -0.3 is 15.0 Å². The first-order valence-electron chi connectivity index (χ1n) is 8.84. The monoisotopic (exact) mass is 354 g/mol. The van der Waals surface area contributed by atoms with Crippen molar-refractivity contribution >= 4 is 23.2 Å². The number of ether oxygens (including phenoxy) is 1. The quantitative estimate of drug-likeness (QED) is 0.817. The van der Waals surface area contributed by atoms with Gasteiger partial charge in [-0.25, -0.2) is 0 Å². The lowest BCUT2D eigenvalue weighted by Crippen LogP contribution is -2.37. The molecular weight excluding hydrogens is 328 g/mol. The zero-order valence-corrected chi connectivity index (χ0v) is 15.8. The number of carbonyl (C=O) groups excluding carboxylic acids is 2. The van der Waals surface area contributed by atoms with Crippen molar-refractivity contribution in [1.82, 2.24) is 0 Å². The zero-order valence-electron chi connectivity index (χ0n) is 15.8. The minimum absolute atomic E-state index is 0.00167. The van der Waals surface area contributed by atoms with Gasteiger partial charge in [-0.15, -0.1) is 0 Å². The molecule has 0 atom stereocenters. The van der Waals surface area contributed by atoms with E-state index < -0.39 is 0 Å². The van der Waals surface area contributed by atoms with Gasteiger partial charge in [-0.1, -0.05) is 37.3 Å². The van der Waals surface area contributed by atoms with Gasteiger partial charge in [0, 0.05) is 12.6 Å². The molecule has 5 heteroatoms. The molecule has 0 spiro atoms. The molecule has 2 aromatic rings. The van der Waals surface area contributed by atoms with Crippen molar-refractivity contribution in [3.63, 3.8) is 0 Å². The molecule has 0 aliphatic heterocycles. The van der Waals surface area contributed by atoms with E-state index in [0.717, 1.165) is 17.7 Å². The number of amides is 2. The van der Waals surface area contributed by atoms with E-state index in [1.54, 1.807) is 6.07 Å². The Labute approximate surface area is 155 Å². The number of nitrogens with one attached hydrogen (secondary N) is 1. The van der Waals surface area contributed by atoms with Crippen LogP contribution in [-0.4, -0.2) is 24.5 Å². The molecule has 5 nitrogen and oxygen atoms in total. The molecule has 2 rings (SSSR count). The summed E-state index contributed by atoms with van der Waals surface area (Å²) in [6, 6.07) is 14.9. The highest BCUT2D eigenvalue weighted by molar-refractivity contribution is 6.02. The average molecular weight is 354 g/mol. The van der Waals surface area contributed by atoms with Crippen molar-refractivity contribution in [3.8, 4) is 5.75 Å². The van der Waals surface area contributed by atoms with Crippen molar-refractivity contribution in [2.24, 2.45) is 0 Å². The Kier molecular flexibility index (Phi) is 6.78. The van der Waals surface area contributed by atoms with Gasteiger partial charge >= 0.3 is 0 Å². The number of nitrogens with zero attached hydrogens (tertiary/aromatic N) is 1. The average Bonchev–Trinajstić information content (AvgIpc) is 2.60. The maximum absolute atomic E-state index is 12.6. The van der Waals surface area contributed by atoms with Crippen molar-refractivity contribution < 1.29 is 14.3 Å². The van der Waals surface area contributed by atoms with Crippen LogP contribution in [0.25, 0.3) is 0 Å². The van der Waals surface area contributed by atoms with E-state index >= 15 is 0 Å². The number of hydrogen-bond donors (Lipinski definition) is 1. The highest BCUT2D eigenvalue weighted by Crippen LogP contribution is 2.25. The molecule has 0 heterocycles. The fraction of sp³-hybridized carbons (Fsp3) is 0.333. The summed E-state index contributed by atoms with van der Waals surface area (Å²) in [5.74, 6) is 0.165. The van der Waals surface area contributed by atoms with Crippen LogP contribution in [0.1, 0.15) is 33.3 Å². The van der Waals surface area contributed by atoms with Crippen LogP contribution in [0.3, 0.4) is 0 Å². The Balaban J connectivity index is 2.18. The van der Waals surface area contributed by atoms with Gasteiger partial charge in [0.25, 0.3) is 0 Å². The number of para-hydroxylation sites is 3. The van der Waals surface area contributed by atoms with Gasteiger partial charge in [-0.2, -0.15) is 0 Å². The van der Waals surface area contributed by atoms with Crippen molar-refractivity contribution in [1.29, 1.82) is 0 Å². The molecule has 26 heavy (non-hydrogen) atoms. The number of rotatable bonds is 7. The molecule has 0 saturated heterocycles. The van der Waals surface area contributed by atoms with Crippen LogP contribution in [-0.2, 0) is 16.0 Å². The molecule has 1 N–H and O–H groups in total. The van der Waals surface area contributed by atoms with Crippen molar-refractivity contribution in [3.05, 3.63) is 54.1 Å². The van der Waals surface area contributed by atoms with E-state index in [4.69, 9.17) is 4.74 Å². The van der Waals surface area contributed by atoms with Crippen LogP contribution in [0.15, 0.2) is 48.5 Å². The molecule has 0 aliphatic carbocycles. The lowest BCUT2D eigenvalue weighted by molar-refractivity contribution is -0.120. The Hall–Kier alpha value is -2.82. The fourth-order valence-corrected chi connectivity index (χ4v) is 2.70. The number of carbonyl (C=O) groups is 2. The van der Waals surface area contributed by atoms with Gasteiger partial charge in [-0.3, -0.25) is 9.59 Å². The Morgan fingerprint density at radius 3 is 2.38 bits per heavy atom.